The van der Waals surface area contributed by atoms with Crippen LogP contribution in [0.1, 0.15) is 26.7 Å². The lowest BCUT2D eigenvalue weighted by atomic mass is 9.92. The van der Waals surface area contributed by atoms with E-state index in [2.05, 4.69) is 24.1 Å². The van der Waals surface area contributed by atoms with Crippen LogP contribution in [-0.2, 0) is 0 Å². The number of benzene rings is 1. The lowest BCUT2D eigenvalue weighted by Crippen LogP contribution is -2.20. The topological polar surface area (TPSA) is 24.9 Å². The minimum Gasteiger partial charge on any atom is -0.361 e. The van der Waals surface area contributed by atoms with Crippen molar-refractivity contribution in [3.05, 3.63) is 24.0 Å². The molecule has 1 heterocycles. The second-order valence-corrected chi connectivity index (χ2v) is 6.53. The van der Waals surface area contributed by atoms with E-state index in [-0.39, 0.29) is 5.82 Å². The summed E-state index contributed by atoms with van der Waals surface area (Å²) in [5.41, 5.74) is 1.21. The van der Waals surface area contributed by atoms with E-state index in [4.69, 9.17) is 0 Å². The number of hydrogen-bond donors (Lipinski definition) is 1. The SMILES string of the molecule is CC(C)C1(CNc2nc3cc(F)ccc3s2)CC1. The van der Waals surface area contributed by atoms with Crippen LogP contribution in [0.15, 0.2) is 18.2 Å². The smallest absolute Gasteiger partial charge is 0.183 e. The van der Waals surface area contributed by atoms with Crippen molar-refractivity contribution in [3.8, 4) is 0 Å². The zero-order valence-electron chi connectivity index (χ0n) is 10.7. The van der Waals surface area contributed by atoms with Crippen LogP contribution in [0.25, 0.3) is 10.2 Å². The molecule has 0 amide bonds. The van der Waals surface area contributed by atoms with Crippen LogP contribution in [-0.4, -0.2) is 11.5 Å². The van der Waals surface area contributed by atoms with Gasteiger partial charge in [-0.15, -0.1) is 0 Å². The standard InChI is InChI=1S/C14H17FN2S/c1-9(2)14(5-6-14)8-16-13-17-11-7-10(15)3-4-12(11)18-13/h3-4,7,9H,5-6,8H2,1-2H3,(H,16,17). The minimum absolute atomic E-state index is 0.222. The van der Waals surface area contributed by atoms with Crippen molar-refractivity contribution in [3.63, 3.8) is 0 Å². The van der Waals surface area contributed by atoms with Crippen LogP contribution >= 0.6 is 11.3 Å². The third-order valence-electron chi connectivity index (χ3n) is 4.06. The Hall–Kier alpha value is -1.16. The third kappa shape index (κ3) is 2.09. The average molecular weight is 264 g/mol. The molecule has 1 aromatic heterocycles. The highest BCUT2D eigenvalue weighted by Crippen LogP contribution is 2.51. The minimum atomic E-state index is -0.222. The predicted molar refractivity (Wildman–Crippen MR) is 74.6 cm³/mol. The van der Waals surface area contributed by atoms with E-state index < -0.39 is 0 Å². The fourth-order valence-corrected chi connectivity index (χ4v) is 3.19. The number of anilines is 1. The van der Waals surface area contributed by atoms with Crippen molar-refractivity contribution in [2.75, 3.05) is 11.9 Å². The van der Waals surface area contributed by atoms with E-state index in [0.29, 0.717) is 11.3 Å². The first-order valence-corrected chi connectivity index (χ1v) is 7.21. The summed E-state index contributed by atoms with van der Waals surface area (Å²) < 4.78 is 14.1. The van der Waals surface area contributed by atoms with Crippen molar-refractivity contribution in [2.24, 2.45) is 11.3 Å². The second kappa shape index (κ2) is 4.19. The van der Waals surface area contributed by atoms with E-state index in [1.807, 2.05) is 0 Å². The van der Waals surface area contributed by atoms with Gasteiger partial charge in [0.05, 0.1) is 10.2 Å². The van der Waals surface area contributed by atoms with Crippen molar-refractivity contribution >= 4 is 26.7 Å². The van der Waals surface area contributed by atoms with Gasteiger partial charge in [0.2, 0.25) is 0 Å². The monoisotopic (exact) mass is 264 g/mol. The maximum atomic E-state index is 13.1. The number of fused-ring (bicyclic) bond motifs is 1. The Morgan fingerprint density at radius 3 is 2.89 bits per heavy atom. The highest BCUT2D eigenvalue weighted by molar-refractivity contribution is 7.22. The Bertz CT molecular complexity index is 572. The largest absolute Gasteiger partial charge is 0.361 e. The summed E-state index contributed by atoms with van der Waals surface area (Å²) in [4.78, 5) is 4.43. The van der Waals surface area contributed by atoms with E-state index in [1.54, 1.807) is 17.4 Å². The van der Waals surface area contributed by atoms with E-state index in [1.165, 1.54) is 25.0 Å². The molecule has 1 saturated carbocycles. The number of nitrogens with one attached hydrogen (secondary N) is 1. The van der Waals surface area contributed by atoms with Crippen LogP contribution in [0.5, 0.6) is 0 Å². The molecule has 0 spiro atoms. The molecule has 0 atom stereocenters. The van der Waals surface area contributed by atoms with Gasteiger partial charge in [0, 0.05) is 12.6 Å². The molecule has 1 aliphatic carbocycles. The summed E-state index contributed by atoms with van der Waals surface area (Å²) in [5, 5.41) is 4.33. The first-order valence-electron chi connectivity index (χ1n) is 6.39. The molecule has 0 bridgehead atoms. The van der Waals surface area contributed by atoms with Gasteiger partial charge < -0.3 is 5.32 Å². The quantitative estimate of drug-likeness (QED) is 0.891. The molecular weight excluding hydrogens is 247 g/mol. The van der Waals surface area contributed by atoms with Gasteiger partial charge in [-0.3, -0.25) is 0 Å². The fourth-order valence-electron chi connectivity index (χ4n) is 2.35. The van der Waals surface area contributed by atoms with Gasteiger partial charge in [-0.1, -0.05) is 25.2 Å². The van der Waals surface area contributed by atoms with Crippen LogP contribution in [0.4, 0.5) is 9.52 Å². The van der Waals surface area contributed by atoms with Gasteiger partial charge in [-0.05, 0) is 36.3 Å². The van der Waals surface area contributed by atoms with Crippen molar-refractivity contribution in [1.82, 2.24) is 4.98 Å². The molecule has 0 aliphatic heterocycles. The first kappa shape index (κ1) is 11.9. The van der Waals surface area contributed by atoms with Crippen molar-refractivity contribution in [1.29, 1.82) is 0 Å². The maximum Gasteiger partial charge on any atom is 0.183 e. The summed E-state index contributed by atoms with van der Waals surface area (Å²) in [5.74, 6) is 0.483. The van der Waals surface area contributed by atoms with Gasteiger partial charge in [0.25, 0.3) is 0 Å². The zero-order chi connectivity index (χ0) is 12.8. The normalized spacial score (nSPS) is 17.3. The molecule has 1 aliphatic rings. The maximum absolute atomic E-state index is 13.1. The Kier molecular flexibility index (Phi) is 2.77. The van der Waals surface area contributed by atoms with E-state index in [0.717, 1.165) is 21.9 Å². The highest BCUT2D eigenvalue weighted by Gasteiger charge is 2.45. The molecule has 0 radical (unpaired) electrons. The number of nitrogens with zero attached hydrogens (tertiary/aromatic N) is 1. The molecule has 1 N–H and O–H groups in total. The number of rotatable bonds is 4. The predicted octanol–water partition coefficient (Wildman–Crippen LogP) is 4.28. The lowest BCUT2D eigenvalue weighted by molar-refractivity contribution is 0.380. The molecule has 4 heteroatoms. The summed E-state index contributed by atoms with van der Waals surface area (Å²) in [6, 6.07) is 4.77. The Balaban J connectivity index is 1.75. The first-order chi connectivity index (χ1) is 8.59. The number of aromatic nitrogens is 1. The van der Waals surface area contributed by atoms with Gasteiger partial charge in [-0.25, -0.2) is 9.37 Å². The van der Waals surface area contributed by atoms with Crippen LogP contribution in [0, 0.1) is 17.2 Å². The van der Waals surface area contributed by atoms with Gasteiger partial charge in [0.15, 0.2) is 5.13 Å². The summed E-state index contributed by atoms with van der Waals surface area (Å²) in [7, 11) is 0. The van der Waals surface area contributed by atoms with E-state index >= 15 is 0 Å². The van der Waals surface area contributed by atoms with Crippen LogP contribution in [0.2, 0.25) is 0 Å². The molecule has 1 fully saturated rings. The highest BCUT2D eigenvalue weighted by atomic mass is 32.1. The molecule has 2 nitrogen and oxygen atoms in total. The Labute approximate surface area is 110 Å². The molecule has 0 unspecified atom stereocenters. The second-order valence-electron chi connectivity index (χ2n) is 5.50. The summed E-state index contributed by atoms with van der Waals surface area (Å²) in [6.07, 6.45) is 2.61. The molecule has 96 valence electrons. The number of halogens is 1. The number of thiazole rings is 1. The molecule has 1 aromatic carbocycles. The van der Waals surface area contributed by atoms with Gasteiger partial charge in [-0.2, -0.15) is 0 Å². The summed E-state index contributed by atoms with van der Waals surface area (Å²) >= 11 is 1.60. The number of hydrogen-bond acceptors (Lipinski definition) is 3. The average Bonchev–Trinajstić information content (AvgIpc) is 3.02. The molecular formula is C14H17FN2S. The Morgan fingerprint density at radius 1 is 1.44 bits per heavy atom. The van der Waals surface area contributed by atoms with Gasteiger partial charge in [0.1, 0.15) is 5.82 Å². The van der Waals surface area contributed by atoms with Crippen LogP contribution < -0.4 is 5.32 Å². The Morgan fingerprint density at radius 2 is 2.22 bits per heavy atom. The molecule has 2 aromatic rings. The fraction of sp³-hybridized carbons (Fsp3) is 0.500. The zero-order valence-corrected chi connectivity index (χ0v) is 11.5. The third-order valence-corrected chi connectivity index (χ3v) is 5.05. The van der Waals surface area contributed by atoms with Gasteiger partial charge >= 0.3 is 0 Å². The van der Waals surface area contributed by atoms with Crippen LogP contribution in [0.3, 0.4) is 0 Å². The lowest BCUT2D eigenvalue weighted by Gasteiger charge is -2.19. The van der Waals surface area contributed by atoms with Crippen molar-refractivity contribution < 1.29 is 4.39 Å². The molecule has 3 rings (SSSR count). The van der Waals surface area contributed by atoms with Crippen molar-refractivity contribution in [2.45, 2.75) is 26.7 Å². The summed E-state index contributed by atoms with van der Waals surface area (Å²) in [6.45, 7) is 5.54. The molecule has 0 saturated heterocycles. The molecule has 18 heavy (non-hydrogen) atoms. The van der Waals surface area contributed by atoms with E-state index in [9.17, 15) is 4.39 Å².